The van der Waals surface area contributed by atoms with Crippen LogP contribution in [-0.4, -0.2) is 31.4 Å². The van der Waals surface area contributed by atoms with Gasteiger partial charge in [0.2, 0.25) is 10.0 Å². The minimum atomic E-state index is -3.58. The van der Waals surface area contributed by atoms with Crippen molar-refractivity contribution in [3.8, 4) is 6.07 Å². The number of nitriles is 1. The Hall–Kier alpha value is -0.640. The number of rotatable bonds is 4. The van der Waals surface area contributed by atoms with Gasteiger partial charge in [0.25, 0.3) is 0 Å². The van der Waals surface area contributed by atoms with Crippen molar-refractivity contribution in [1.82, 2.24) is 4.72 Å². The molecule has 70 valence electrons. The molecule has 0 heterocycles. The van der Waals surface area contributed by atoms with Crippen LogP contribution in [0.5, 0.6) is 0 Å². The third kappa shape index (κ3) is 3.67. The topological polar surface area (TPSA) is 90.2 Å². The SMILES string of the molecule is CC(C#N)S(=O)(=O)NC[C@@H](C)O. The van der Waals surface area contributed by atoms with E-state index < -0.39 is 21.4 Å². The van der Waals surface area contributed by atoms with Crippen LogP contribution in [0.3, 0.4) is 0 Å². The molecule has 12 heavy (non-hydrogen) atoms. The lowest BCUT2D eigenvalue weighted by atomic mass is 10.4. The zero-order valence-electron chi connectivity index (χ0n) is 6.98. The third-order valence-electron chi connectivity index (χ3n) is 1.23. The van der Waals surface area contributed by atoms with Gasteiger partial charge in [0.05, 0.1) is 12.2 Å². The van der Waals surface area contributed by atoms with Crippen LogP contribution in [-0.2, 0) is 10.0 Å². The summed E-state index contributed by atoms with van der Waals surface area (Å²) in [4.78, 5) is 0. The van der Waals surface area contributed by atoms with Crippen molar-refractivity contribution in [2.75, 3.05) is 6.54 Å². The van der Waals surface area contributed by atoms with E-state index in [1.165, 1.54) is 13.8 Å². The molecule has 0 spiro atoms. The number of hydrogen-bond donors (Lipinski definition) is 2. The summed E-state index contributed by atoms with van der Waals surface area (Å²) in [5, 5.41) is 16.0. The van der Waals surface area contributed by atoms with E-state index in [-0.39, 0.29) is 6.54 Å². The predicted octanol–water partition coefficient (Wildman–Crippen LogP) is -0.801. The summed E-state index contributed by atoms with van der Waals surface area (Å²) in [6, 6.07) is 1.60. The molecule has 0 amide bonds. The van der Waals surface area contributed by atoms with Gasteiger partial charge in [-0.15, -0.1) is 0 Å². The second kappa shape index (κ2) is 4.40. The van der Waals surface area contributed by atoms with Crippen LogP contribution >= 0.6 is 0 Å². The summed E-state index contributed by atoms with van der Waals surface area (Å²) in [6.07, 6.45) is -0.745. The van der Waals surface area contributed by atoms with Crippen LogP contribution in [0.4, 0.5) is 0 Å². The molecule has 0 aromatic heterocycles. The van der Waals surface area contributed by atoms with Crippen LogP contribution in [0.2, 0.25) is 0 Å². The van der Waals surface area contributed by atoms with Gasteiger partial charge >= 0.3 is 0 Å². The smallest absolute Gasteiger partial charge is 0.227 e. The number of hydrogen-bond acceptors (Lipinski definition) is 4. The minimum Gasteiger partial charge on any atom is -0.392 e. The van der Waals surface area contributed by atoms with Crippen molar-refractivity contribution < 1.29 is 13.5 Å². The second-order valence-corrected chi connectivity index (χ2v) is 4.60. The normalized spacial score (nSPS) is 16.5. The second-order valence-electron chi connectivity index (χ2n) is 2.51. The van der Waals surface area contributed by atoms with Crippen molar-refractivity contribution in [3.63, 3.8) is 0 Å². The maximum atomic E-state index is 11.0. The first-order valence-electron chi connectivity index (χ1n) is 3.46. The molecule has 0 radical (unpaired) electrons. The molecule has 0 saturated carbocycles. The molecule has 0 aliphatic heterocycles. The zero-order valence-corrected chi connectivity index (χ0v) is 7.80. The quantitative estimate of drug-likeness (QED) is 0.610. The Bertz CT molecular complexity index is 265. The van der Waals surface area contributed by atoms with Crippen molar-refractivity contribution in [2.24, 2.45) is 0 Å². The van der Waals surface area contributed by atoms with Gasteiger partial charge in [-0.1, -0.05) is 0 Å². The van der Waals surface area contributed by atoms with Crippen LogP contribution in [0, 0.1) is 11.3 Å². The van der Waals surface area contributed by atoms with Gasteiger partial charge in [-0.3, -0.25) is 0 Å². The zero-order chi connectivity index (χ0) is 9.78. The van der Waals surface area contributed by atoms with E-state index in [9.17, 15) is 8.42 Å². The number of nitrogens with zero attached hydrogens (tertiary/aromatic N) is 1. The Kier molecular flexibility index (Phi) is 4.17. The fourth-order valence-corrected chi connectivity index (χ4v) is 1.29. The van der Waals surface area contributed by atoms with Crippen LogP contribution < -0.4 is 4.72 Å². The van der Waals surface area contributed by atoms with E-state index in [0.717, 1.165) is 0 Å². The molecular formula is C6H12N2O3S. The number of sulfonamides is 1. The molecule has 2 atom stereocenters. The molecule has 1 unspecified atom stereocenters. The fraction of sp³-hybridized carbons (Fsp3) is 0.833. The summed E-state index contributed by atoms with van der Waals surface area (Å²) in [7, 11) is -3.58. The maximum absolute atomic E-state index is 11.0. The highest BCUT2D eigenvalue weighted by Crippen LogP contribution is 1.95. The van der Waals surface area contributed by atoms with Gasteiger partial charge in [-0.25, -0.2) is 13.1 Å². The van der Waals surface area contributed by atoms with E-state index in [4.69, 9.17) is 10.4 Å². The average Bonchev–Trinajstić information content (AvgIpc) is 1.99. The minimum absolute atomic E-state index is 0.0612. The molecular weight excluding hydrogens is 180 g/mol. The molecule has 0 saturated heterocycles. The maximum Gasteiger partial charge on any atom is 0.227 e. The molecule has 2 N–H and O–H groups in total. The van der Waals surface area contributed by atoms with Crippen LogP contribution in [0.15, 0.2) is 0 Å². The van der Waals surface area contributed by atoms with Gasteiger partial charge in [0, 0.05) is 6.54 Å². The Morgan fingerprint density at radius 1 is 1.58 bits per heavy atom. The Balaban J connectivity index is 4.18. The van der Waals surface area contributed by atoms with E-state index in [2.05, 4.69) is 4.72 Å². The highest BCUT2D eigenvalue weighted by molar-refractivity contribution is 7.90. The molecule has 0 aliphatic rings. The van der Waals surface area contributed by atoms with Crippen molar-refractivity contribution in [2.45, 2.75) is 25.2 Å². The first kappa shape index (κ1) is 11.4. The van der Waals surface area contributed by atoms with Gasteiger partial charge in [-0.05, 0) is 13.8 Å². The Morgan fingerprint density at radius 2 is 2.08 bits per heavy atom. The summed E-state index contributed by atoms with van der Waals surface area (Å²) < 4.78 is 24.2. The van der Waals surface area contributed by atoms with Gasteiger partial charge in [0.15, 0.2) is 5.25 Å². The summed E-state index contributed by atoms with van der Waals surface area (Å²) >= 11 is 0. The standard InChI is InChI=1S/C6H12N2O3S/c1-5(9)4-8-12(10,11)6(2)3-7/h5-6,8-9H,4H2,1-2H3/t5-,6?/m1/s1. The highest BCUT2D eigenvalue weighted by atomic mass is 32.2. The van der Waals surface area contributed by atoms with Crippen LogP contribution in [0.25, 0.3) is 0 Å². The first-order valence-corrected chi connectivity index (χ1v) is 5.01. The fourth-order valence-electron chi connectivity index (χ4n) is 0.431. The lowest BCUT2D eigenvalue weighted by Gasteiger charge is -2.08. The number of aliphatic hydroxyl groups excluding tert-OH is 1. The van der Waals surface area contributed by atoms with E-state index >= 15 is 0 Å². The van der Waals surface area contributed by atoms with Gasteiger partial charge in [-0.2, -0.15) is 5.26 Å². The van der Waals surface area contributed by atoms with Gasteiger partial charge in [0.1, 0.15) is 0 Å². The van der Waals surface area contributed by atoms with Crippen molar-refractivity contribution in [1.29, 1.82) is 5.26 Å². The summed E-state index contributed by atoms with van der Waals surface area (Å²) in [5.41, 5.74) is 0. The molecule has 0 aliphatic carbocycles. The van der Waals surface area contributed by atoms with Crippen LogP contribution in [0.1, 0.15) is 13.8 Å². The van der Waals surface area contributed by atoms with Crippen molar-refractivity contribution >= 4 is 10.0 Å². The third-order valence-corrected chi connectivity index (χ3v) is 2.83. The first-order chi connectivity index (χ1) is 5.40. The summed E-state index contributed by atoms with van der Waals surface area (Å²) in [6.45, 7) is 2.68. The Labute approximate surface area is 72.1 Å². The molecule has 0 aromatic rings. The average molecular weight is 192 g/mol. The lowest BCUT2D eigenvalue weighted by Crippen LogP contribution is -2.36. The Morgan fingerprint density at radius 3 is 2.42 bits per heavy atom. The van der Waals surface area contributed by atoms with E-state index in [1.54, 1.807) is 6.07 Å². The molecule has 0 fully saturated rings. The van der Waals surface area contributed by atoms with E-state index in [1.807, 2.05) is 0 Å². The largest absolute Gasteiger partial charge is 0.392 e. The molecule has 0 aromatic carbocycles. The predicted molar refractivity (Wildman–Crippen MR) is 43.7 cm³/mol. The monoisotopic (exact) mass is 192 g/mol. The van der Waals surface area contributed by atoms with Crippen molar-refractivity contribution in [3.05, 3.63) is 0 Å². The summed E-state index contributed by atoms with van der Waals surface area (Å²) in [5.74, 6) is 0. The van der Waals surface area contributed by atoms with E-state index in [0.29, 0.717) is 0 Å². The molecule has 0 rings (SSSR count). The number of nitrogens with one attached hydrogen (secondary N) is 1. The van der Waals surface area contributed by atoms with Gasteiger partial charge < -0.3 is 5.11 Å². The highest BCUT2D eigenvalue weighted by Gasteiger charge is 2.19. The molecule has 5 nitrogen and oxygen atoms in total. The lowest BCUT2D eigenvalue weighted by molar-refractivity contribution is 0.198. The molecule has 0 bridgehead atoms. The molecule has 6 heteroatoms. The number of aliphatic hydroxyl groups is 1.